The standard InChI is InChI=1S/C18H16F3N7O5/c1-9-13(26-33-25-9)16(30)28-4-5-31-8-11(28)7-23-15(29)12-3-2-10(6-22-12)14-24-17(32-27-14)18(19,20)21/h2-3,6,11H,4-5,7-8H2,1H3,(H,23,29)/t11-/m0/s1. The molecule has 0 aliphatic carbocycles. The van der Waals surface area contributed by atoms with Crippen molar-refractivity contribution in [1.82, 2.24) is 35.7 Å². The Balaban J connectivity index is 1.39. The molecule has 1 aliphatic heterocycles. The Morgan fingerprint density at radius 3 is 2.70 bits per heavy atom. The lowest BCUT2D eigenvalue weighted by Gasteiger charge is -2.35. The second-order valence-corrected chi connectivity index (χ2v) is 6.99. The third-order valence-electron chi connectivity index (χ3n) is 4.76. The van der Waals surface area contributed by atoms with E-state index in [1.165, 1.54) is 17.0 Å². The number of hydrogen-bond acceptors (Lipinski definition) is 10. The van der Waals surface area contributed by atoms with Crippen molar-refractivity contribution in [3.8, 4) is 11.4 Å². The molecule has 0 spiro atoms. The SMILES string of the molecule is Cc1nonc1C(=O)N1CCOC[C@@H]1CNC(=O)c1ccc(-c2noc(C(F)(F)F)n2)cn1. The fourth-order valence-corrected chi connectivity index (χ4v) is 3.07. The first kappa shape index (κ1) is 22.3. The van der Waals surface area contributed by atoms with E-state index in [0.29, 0.717) is 18.8 Å². The number of amides is 2. The van der Waals surface area contributed by atoms with Gasteiger partial charge in [0.25, 0.3) is 11.8 Å². The minimum absolute atomic E-state index is 0.00411. The quantitative estimate of drug-likeness (QED) is 0.578. The summed E-state index contributed by atoms with van der Waals surface area (Å²) in [6.45, 7) is 2.48. The molecule has 33 heavy (non-hydrogen) atoms. The van der Waals surface area contributed by atoms with Crippen LogP contribution in [-0.4, -0.2) is 74.5 Å². The second-order valence-electron chi connectivity index (χ2n) is 6.99. The molecule has 3 aromatic rings. The Morgan fingerprint density at radius 1 is 1.24 bits per heavy atom. The van der Waals surface area contributed by atoms with Crippen molar-refractivity contribution in [1.29, 1.82) is 0 Å². The summed E-state index contributed by atoms with van der Waals surface area (Å²) in [4.78, 5) is 33.9. The average Bonchev–Trinajstić information content (AvgIpc) is 3.47. The highest BCUT2D eigenvalue weighted by Crippen LogP contribution is 2.29. The molecule has 0 radical (unpaired) electrons. The zero-order chi connectivity index (χ0) is 23.6. The largest absolute Gasteiger partial charge is 0.471 e. The van der Waals surface area contributed by atoms with Gasteiger partial charge in [0.1, 0.15) is 11.4 Å². The van der Waals surface area contributed by atoms with Gasteiger partial charge in [0, 0.05) is 24.8 Å². The number of ether oxygens (including phenoxy) is 1. The van der Waals surface area contributed by atoms with Crippen molar-refractivity contribution in [3.63, 3.8) is 0 Å². The van der Waals surface area contributed by atoms with Crippen LogP contribution in [0.1, 0.15) is 32.6 Å². The van der Waals surface area contributed by atoms with E-state index in [1.54, 1.807) is 6.92 Å². The van der Waals surface area contributed by atoms with Gasteiger partial charge in [-0.15, -0.1) is 0 Å². The summed E-state index contributed by atoms with van der Waals surface area (Å²) in [5.41, 5.74) is 0.576. The van der Waals surface area contributed by atoms with Crippen LogP contribution in [0.4, 0.5) is 13.2 Å². The molecule has 0 saturated carbocycles. The van der Waals surface area contributed by atoms with Crippen LogP contribution >= 0.6 is 0 Å². The number of aryl methyl sites for hydroxylation is 1. The van der Waals surface area contributed by atoms with E-state index in [9.17, 15) is 22.8 Å². The van der Waals surface area contributed by atoms with Gasteiger partial charge in [-0.05, 0) is 24.2 Å². The lowest BCUT2D eigenvalue weighted by Crippen LogP contribution is -2.53. The lowest BCUT2D eigenvalue weighted by atomic mass is 10.2. The van der Waals surface area contributed by atoms with E-state index in [1.807, 2.05) is 0 Å². The maximum absolute atomic E-state index is 12.7. The molecule has 15 heteroatoms. The molecular formula is C18H16F3N7O5. The predicted octanol–water partition coefficient (Wildman–Crippen LogP) is 1.11. The Bertz CT molecular complexity index is 1150. The molecule has 0 aromatic carbocycles. The monoisotopic (exact) mass is 467 g/mol. The first-order valence-corrected chi connectivity index (χ1v) is 9.57. The van der Waals surface area contributed by atoms with Crippen LogP contribution in [0.2, 0.25) is 0 Å². The summed E-state index contributed by atoms with van der Waals surface area (Å²) in [6.07, 6.45) is -3.61. The summed E-state index contributed by atoms with van der Waals surface area (Å²) in [7, 11) is 0. The van der Waals surface area contributed by atoms with E-state index >= 15 is 0 Å². The Morgan fingerprint density at radius 2 is 2.06 bits per heavy atom. The van der Waals surface area contributed by atoms with Gasteiger partial charge in [-0.1, -0.05) is 10.3 Å². The van der Waals surface area contributed by atoms with Gasteiger partial charge < -0.3 is 19.5 Å². The number of alkyl halides is 3. The van der Waals surface area contributed by atoms with Crippen molar-refractivity contribution >= 4 is 11.8 Å². The van der Waals surface area contributed by atoms with E-state index < -0.39 is 29.9 Å². The first-order valence-electron chi connectivity index (χ1n) is 9.57. The van der Waals surface area contributed by atoms with Crippen molar-refractivity contribution < 1.29 is 36.6 Å². The molecular weight excluding hydrogens is 451 g/mol. The summed E-state index contributed by atoms with van der Waals surface area (Å²) in [5, 5.41) is 13.1. The molecule has 1 N–H and O–H groups in total. The maximum atomic E-state index is 12.7. The Hall–Kier alpha value is -3.88. The molecule has 1 fully saturated rings. The predicted molar refractivity (Wildman–Crippen MR) is 99.5 cm³/mol. The molecule has 1 saturated heterocycles. The van der Waals surface area contributed by atoms with Gasteiger partial charge in [-0.3, -0.25) is 14.6 Å². The molecule has 1 atom stereocenters. The molecule has 0 unspecified atom stereocenters. The number of carbonyl (C=O) groups is 2. The highest BCUT2D eigenvalue weighted by Gasteiger charge is 2.38. The number of aromatic nitrogens is 5. The molecule has 1 aliphatic rings. The first-order chi connectivity index (χ1) is 15.7. The van der Waals surface area contributed by atoms with E-state index in [0.717, 1.165) is 6.20 Å². The Kier molecular flexibility index (Phi) is 6.04. The topological polar surface area (TPSA) is 149 Å². The van der Waals surface area contributed by atoms with E-state index in [2.05, 4.69) is 39.9 Å². The minimum Gasteiger partial charge on any atom is -0.377 e. The third kappa shape index (κ3) is 4.82. The van der Waals surface area contributed by atoms with Gasteiger partial charge in [0.2, 0.25) is 5.82 Å². The fourth-order valence-electron chi connectivity index (χ4n) is 3.07. The van der Waals surface area contributed by atoms with Crippen LogP contribution < -0.4 is 5.32 Å². The fraction of sp³-hybridized carbons (Fsp3) is 0.389. The number of pyridine rings is 1. The highest BCUT2D eigenvalue weighted by atomic mass is 19.4. The van der Waals surface area contributed by atoms with Gasteiger partial charge in [0.15, 0.2) is 5.69 Å². The smallest absolute Gasteiger partial charge is 0.377 e. The summed E-state index contributed by atoms with van der Waals surface area (Å²) in [6, 6.07) is 2.18. The minimum atomic E-state index is -4.76. The summed E-state index contributed by atoms with van der Waals surface area (Å²) < 4.78 is 52.0. The molecule has 12 nitrogen and oxygen atoms in total. The molecule has 4 rings (SSSR count). The second kappa shape index (κ2) is 8.93. The van der Waals surface area contributed by atoms with Gasteiger partial charge >= 0.3 is 12.1 Å². The maximum Gasteiger partial charge on any atom is 0.471 e. The van der Waals surface area contributed by atoms with E-state index in [-0.39, 0.29) is 35.9 Å². The number of hydrogen-bond donors (Lipinski definition) is 1. The van der Waals surface area contributed by atoms with Crippen molar-refractivity contribution in [2.75, 3.05) is 26.3 Å². The summed E-state index contributed by atoms with van der Waals surface area (Å²) in [5.74, 6) is -2.74. The van der Waals surface area contributed by atoms with Gasteiger partial charge in [-0.2, -0.15) is 18.2 Å². The Labute approximate surface area is 183 Å². The van der Waals surface area contributed by atoms with Crippen LogP contribution in [-0.2, 0) is 10.9 Å². The van der Waals surface area contributed by atoms with Crippen LogP contribution in [0, 0.1) is 6.92 Å². The number of carbonyl (C=O) groups excluding carboxylic acids is 2. The summed E-state index contributed by atoms with van der Waals surface area (Å²) >= 11 is 0. The third-order valence-corrected chi connectivity index (χ3v) is 4.76. The van der Waals surface area contributed by atoms with Crippen molar-refractivity contribution in [3.05, 3.63) is 41.3 Å². The molecule has 174 valence electrons. The lowest BCUT2D eigenvalue weighted by molar-refractivity contribution is -0.159. The van der Waals surface area contributed by atoms with Gasteiger partial charge in [0.05, 0.1) is 19.3 Å². The number of halogens is 3. The molecule has 0 bridgehead atoms. The van der Waals surface area contributed by atoms with E-state index in [4.69, 9.17) is 4.74 Å². The molecule has 4 heterocycles. The normalized spacial score (nSPS) is 16.6. The highest BCUT2D eigenvalue weighted by molar-refractivity contribution is 5.94. The number of nitrogens with zero attached hydrogens (tertiary/aromatic N) is 6. The number of nitrogens with one attached hydrogen (secondary N) is 1. The van der Waals surface area contributed by atoms with Crippen LogP contribution in [0.5, 0.6) is 0 Å². The van der Waals surface area contributed by atoms with Crippen molar-refractivity contribution in [2.45, 2.75) is 19.1 Å². The van der Waals surface area contributed by atoms with Crippen LogP contribution in [0.3, 0.4) is 0 Å². The van der Waals surface area contributed by atoms with Gasteiger partial charge in [-0.25, -0.2) is 4.63 Å². The zero-order valence-corrected chi connectivity index (χ0v) is 17.0. The van der Waals surface area contributed by atoms with Crippen LogP contribution in [0.15, 0.2) is 27.5 Å². The zero-order valence-electron chi connectivity index (χ0n) is 17.0. The molecule has 3 aromatic heterocycles. The van der Waals surface area contributed by atoms with Crippen LogP contribution in [0.25, 0.3) is 11.4 Å². The van der Waals surface area contributed by atoms with Crippen molar-refractivity contribution in [2.24, 2.45) is 0 Å². The molecule has 2 amide bonds. The average molecular weight is 467 g/mol. The number of rotatable bonds is 5. The number of morpholine rings is 1.